The first kappa shape index (κ1) is 28.2. The molecule has 1 aromatic rings. The minimum atomic E-state index is -1.23. The number of nitrogens with two attached hydrogens (primary N) is 1. The van der Waals surface area contributed by atoms with Crippen molar-refractivity contribution in [1.82, 2.24) is 16.0 Å². The van der Waals surface area contributed by atoms with Gasteiger partial charge in [0, 0.05) is 6.42 Å². The minimum absolute atomic E-state index is 0.00913. The third-order valence-electron chi connectivity index (χ3n) is 5.24. The fourth-order valence-electron chi connectivity index (χ4n) is 2.89. The molecule has 1 rings (SSSR count). The second-order valence-corrected chi connectivity index (χ2v) is 8.79. The summed E-state index contributed by atoms with van der Waals surface area (Å²) >= 11 is 1.51. The largest absolute Gasteiger partial charge is 0.508 e. The fourth-order valence-corrected chi connectivity index (χ4v) is 3.36. The molecule has 0 radical (unpaired) electrons. The highest BCUT2D eigenvalue weighted by Gasteiger charge is 2.26. The molecule has 0 aromatic heterocycles. The Bertz CT molecular complexity index is 805. The highest BCUT2D eigenvalue weighted by atomic mass is 32.2. The maximum Gasteiger partial charge on any atom is 0.326 e. The number of aliphatic carboxylic acids is 1. The molecule has 184 valence electrons. The molecule has 0 aliphatic carbocycles. The van der Waals surface area contributed by atoms with Crippen LogP contribution < -0.4 is 21.7 Å². The summed E-state index contributed by atoms with van der Waals surface area (Å²) in [6.07, 6.45) is 2.95. The first-order valence-corrected chi connectivity index (χ1v) is 12.1. The summed E-state index contributed by atoms with van der Waals surface area (Å²) in [6, 6.07) is 3.14. The molecule has 4 unspecified atom stereocenters. The summed E-state index contributed by atoms with van der Waals surface area (Å²) in [4.78, 5) is 48.8. The molecule has 3 amide bonds. The van der Waals surface area contributed by atoms with E-state index in [1.54, 1.807) is 12.1 Å². The van der Waals surface area contributed by atoms with E-state index in [-0.39, 0.29) is 18.1 Å². The number of thioether (sulfide) groups is 1. The normalized spacial score (nSPS) is 14.4. The van der Waals surface area contributed by atoms with Crippen molar-refractivity contribution < 1.29 is 29.4 Å². The van der Waals surface area contributed by atoms with Crippen LogP contribution in [0, 0.1) is 5.92 Å². The Labute approximate surface area is 198 Å². The molecule has 1 aromatic carbocycles. The van der Waals surface area contributed by atoms with Crippen LogP contribution in [0.2, 0.25) is 0 Å². The number of carboxylic acids is 1. The number of carboxylic acid groups (broad SMARTS) is 1. The summed E-state index contributed by atoms with van der Waals surface area (Å²) < 4.78 is 0. The van der Waals surface area contributed by atoms with Crippen molar-refractivity contribution >= 4 is 35.5 Å². The van der Waals surface area contributed by atoms with Crippen LogP contribution in [0.15, 0.2) is 24.3 Å². The SMILES string of the molecule is CCC(C)C(N)C(=O)NC(CCSC)C(=O)NCC(=O)NC(Cc1ccc(O)cc1)C(=O)O. The Morgan fingerprint density at radius 1 is 1.06 bits per heavy atom. The molecule has 0 bridgehead atoms. The number of amides is 3. The van der Waals surface area contributed by atoms with Crippen LogP contribution in [0.1, 0.15) is 32.3 Å². The van der Waals surface area contributed by atoms with Crippen molar-refractivity contribution in [3.63, 3.8) is 0 Å². The van der Waals surface area contributed by atoms with Crippen molar-refractivity contribution in [1.29, 1.82) is 0 Å². The van der Waals surface area contributed by atoms with Gasteiger partial charge in [-0.3, -0.25) is 14.4 Å². The zero-order chi connectivity index (χ0) is 25.0. The van der Waals surface area contributed by atoms with Gasteiger partial charge in [-0.25, -0.2) is 4.79 Å². The van der Waals surface area contributed by atoms with Gasteiger partial charge in [0.15, 0.2) is 0 Å². The van der Waals surface area contributed by atoms with Crippen LogP contribution in [0.3, 0.4) is 0 Å². The lowest BCUT2D eigenvalue weighted by atomic mass is 9.99. The van der Waals surface area contributed by atoms with Gasteiger partial charge in [-0.1, -0.05) is 32.4 Å². The number of carbonyl (C=O) groups excluding carboxylic acids is 3. The third kappa shape index (κ3) is 10.1. The highest BCUT2D eigenvalue weighted by molar-refractivity contribution is 7.98. The lowest BCUT2D eigenvalue weighted by molar-refractivity contribution is -0.141. The van der Waals surface area contributed by atoms with Crippen molar-refractivity contribution in [3.05, 3.63) is 29.8 Å². The monoisotopic (exact) mass is 482 g/mol. The molecule has 7 N–H and O–H groups in total. The minimum Gasteiger partial charge on any atom is -0.508 e. The number of aromatic hydroxyl groups is 1. The van der Waals surface area contributed by atoms with E-state index in [0.29, 0.717) is 24.2 Å². The van der Waals surface area contributed by atoms with Crippen LogP contribution in [0.5, 0.6) is 5.75 Å². The van der Waals surface area contributed by atoms with Gasteiger partial charge in [0.25, 0.3) is 0 Å². The van der Waals surface area contributed by atoms with Crippen LogP contribution in [-0.4, -0.2) is 70.6 Å². The van der Waals surface area contributed by atoms with Gasteiger partial charge < -0.3 is 31.9 Å². The highest BCUT2D eigenvalue weighted by Crippen LogP contribution is 2.11. The van der Waals surface area contributed by atoms with E-state index in [9.17, 15) is 29.4 Å². The van der Waals surface area contributed by atoms with Crippen LogP contribution >= 0.6 is 11.8 Å². The van der Waals surface area contributed by atoms with Gasteiger partial charge in [-0.2, -0.15) is 11.8 Å². The Kier molecular flexibility index (Phi) is 12.3. The predicted molar refractivity (Wildman–Crippen MR) is 127 cm³/mol. The fraction of sp³-hybridized carbons (Fsp3) is 0.545. The summed E-state index contributed by atoms with van der Waals surface area (Å²) in [5.74, 6) is -2.29. The zero-order valence-corrected chi connectivity index (χ0v) is 20.0. The predicted octanol–water partition coefficient (Wildman–Crippen LogP) is 0.232. The molecule has 33 heavy (non-hydrogen) atoms. The van der Waals surface area contributed by atoms with Gasteiger partial charge >= 0.3 is 5.97 Å². The van der Waals surface area contributed by atoms with Crippen molar-refractivity contribution in [2.24, 2.45) is 11.7 Å². The van der Waals surface area contributed by atoms with E-state index in [1.165, 1.54) is 23.9 Å². The van der Waals surface area contributed by atoms with E-state index in [4.69, 9.17) is 5.73 Å². The van der Waals surface area contributed by atoms with E-state index >= 15 is 0 Å². The first-order chi connectivity index (χ1) is 15.6. The molecule has 0 heterocycles. The zero-order valence-electron chi connectivity index (χ0n) is 19.2. The second kappa shape index (κ2) is 14.4. The van der Waals surface area contributed by atoms with Gasteiger partial charge in [-0.15, -0.1) is 0 Å². The third-order valence-corrected chi connectivity index (χ3v) is 5.88. The topological polar surface area (TPSA) is 171 Å². The quantitative estimate of drug-likeness (QED) is 0.219. The Balaban J connectivity index is 2.67. The number of phenolic OH excluding ortho intramolecular Hbond substituents is 1. The summed E-state index contributed by atoms with van der Waals surface area (Å²) in [5, 5.41) is 26.2. The Hall–Kier alpha value is -2.79. The van der Waals surface area contributed by atoms with E-state index in [0.717, 1.165) is 0 Å². The molecule has 0 saturated heterocycles. The van der Waals surface area contributed by atoms with Crippen molar-refractivity contribution in [3.8, 4) is 5.75 Å². The number of rotatable bonds is 14. The molecule has 0 aliphatic heterocycles. The van der Waals surface area contributed by atoms with Crippen molar-refractivity contribution in [2.75, 3.05) is 18.6 Å². The van der Waals surface area contributed by atoms with Gasteiger partial charge in [-0.05, 0) is 42.0 Å². The second-order valence-electron chi connectivity index (χ2n) is 7.80. The summed E-state index contributed by atoms with van der Waals surface area (Å²) in [6.45, 7) is 3.32. The number of benzene rings is 1. The maximum atomic E-state index is 12.6. The number of nitrogens with one attached hydrogen (secondary N) is 3. The number of phenols is 1. The van der Waals surface area contributed by atoms with Crippen LogP contribution in [0.4, 0.5) is 0 Å². The summed E-state index contributed by atoms with van der Waals surface area (Å²) in [7, 11) is 0. The van der Waals surface area contributed by atoms with E-state index < -0.39 is 48.4 Å². The molecular formula is C22H34N4O6S. The molecular weight excluding hydrogens is 448 g/mol. The van der Waals surface area contributed by atoms with Crippen LogP contribution in [0.25, 0.3) is 0 Å². The van der Waals surface area contributed by atoms with Gasteiger partial charge in [0.2, 0.25) is 17.7 Å². The Morgan fingerprint density at radius 2 is 1.70 bits per heavy atom. The standard InChI is InChI=1S/C22H34N4O6S/c1-4-13(2)19(23)21(30)26-16(9-10-33-3)20(29)24-12-18(28)25-17(22(31)32)11-14-5-7-15(27)8-6-14/h5-8,13,16-17,19,27H,4,9-12,23H2,1-3H3,(H,24,29)(H,25,28)(H,26,30)(H,31,32). The first-order valence-electron chi connectivity index (χ1n) is 10.7. The molecule has 0 spiro atoms. The Morgan fingerprint density at radius 3 is 2.24 bits per heavy atom. The van der Waals surface area contributed by atoms with Gasteiger partial charge in [0.05, 0.1) is 12.6 Å². The lowest BCUT2D eigenvalue weighted by Gasteiger charge is -2.23. The average Bonchev–Trinajstić information content (AvgIpc) is 2.79. The van der Waals surface area contributed by atoms with E-state index in [1.807, 2.05) is 20.1 Å². The molecule has 10 nitrogen and oxygen atoms in total. The van der Waals surface area contributed by atoms with E-state index in [2.05, 4.69) is 16.0 Å². The number of carbonyl (C=O) groups is 4. The maximum absolute atomic E-state index is 12.6. The average molecular weight is 483 g/mol. The molecule has 0 fully saturated rings. The number of hydrogen-bond acceptors (Lipinski definition) is 7. The number of hydrogen-bond donors (Lipinski definition) is 6. The van der Waals surface area contributed by atoms with Crippen molar-refractivity contribution in [2.45, 2.75) is 51.2 Å². The van der Waals surface area contributed by atoms with Crippen LogP contribution in [-0.2, 0) is 25.6 Å². The summed E-state index contributed by atoms with van der Waals surface area (Å²) in [5.41, 5.74) is 6.56. The lowest BCUT2D eigenvalue weighted by Crippen LogP contribution is -2.54. The molecule has 11 heteroatoms. The van der Waals surface area contributed by atoms with Gasteiger partial charge in [0.1, 0.15) is 17.8 Å². The molecule has 4 atom stereocenters. The molecule has 0 saturated carbocycles. The smallest absolute Gasteiger partial charge is 0.326 e. The molecule has 0 aliphatic rings.